The molecule has 5 heteroatoms. The van der Waals surface area contributed by atoms with Gasteiger partial charge in [0.15, 0.2) is 6.10 Å². The van der Waals surface area contributed by atoms with Crippen molar-refractivity contribution in [1.29, 1.82) is 0 Å². The number of rotatable bonds is 8. The first-order valence-corrected chi connectivity index (χ1v) is 9.93. The fourth-order valence-corrected chi connectivity index (χ4v) is 2.87. The molecule has 0 radical (unpaired) electrons. The molecule has 0 bridgehead atoms. The number of aryl methyl sites for hydroxylation is 1. The first-order chi connectivity index (χ1) is 14.6. The molecule has 1 atom stereocenters. The highest BCUT2D eigenvalue weighted by Gasteiger charge is 2.21. The maximum absolute atomic E-state index is 12.7. The molecule has 0 saturated heterocycles. The highest BCUT2D eigenvalue weighted by molar-refractivity contribution is 5.97. The van der Waals surface area contributed by atoms with E-state index in [-0.39, 0.29) is 12.5 Å². The molecule has 0 aliphatic heterocycles. The number of hydrogen-bond acceptors (Lipinski definition) is 4. The van der Waals surface area contributed by atoms with Crippen LogP contribution in [-0.4, -0.2) is 18.0 Å². The molecule has 1 amide bonds. The summed E-state index contributed by atoms with van der Waals surface area (Å²) >= 11 is 0. The summed E-state index contributed by atoms with van der Waals surface area (Å²) in [6.07, 6.45) is -0.0122. The first-order valence-electron chi connectivity index (χ1n) is 9.93. The zero-order valence-electron chi connectivity index (χ0n) is 17.1. The highest BCUT2D eigenvalue weighted by Crippen LogP contribution is 2.17. The van der Waals surface area contributed by atoms with Gasteiger partial charge in [0.05, 0.1) is 5.56 Å². The summed E-state index contributed by atoms with van der Waals surface area (Å²) in [5, 5.41) is 2.77. The summed E-state index contributed by atoms with van der Waals surface area (Å²) in [7, 11) is 0. The molecule has 154 valence electrons. The van der Waals surface area contributed by atoms with E-state index in [9.17, 15) is 9.59 Å². The average Bonchev–Trinajstić information content (AvgIpc) is 2.79. The predicted molar refractivity (Wildman–Crippen MR) is 117 cm³/mol. The SMILES string of the molecule is CCc1ccc(NC(=O)[C@@H](C)OC(=O)c2ccccc2COc2ccccc2)cc1. The molecule has 0 spiro atoms. The minimum absolute atomic E-state index is 0.222. The fourth-order valence-electron chi connectivity index (χ4n) is 2.87. The summed E-state index contributed by atoms with van der Waals surface area (Å²) in [6.45, 7) is 3.84. The van der Waals surface area contributed by atoms with Crippen LogP contribution in [0, 0.1) is 0 Å². The van der Waals surface area contributed by atoms with Crippen LogP contribution in [0.15, 0.2) is 78.9 Å². The lowest BCUT2D eigenvalue weighted by atomic mass is 10.1. The average molecular weight is 403 g/mol. The number of carbonyl (C=O) groups is 2. The molecule has 3 aromatic rings. The second-order valence-corrected chi connectivity index (χ2v) is 6.85. The van der Waals surface area contributed by atoms with E-state index in [0.717, 1.165) is 6.42 Å². The van der Waals surface area contributed by atoms with Crippen LogP contribution < -0.4 is 10.1 Å². The third kappa shape index (κ3) is 5.70. The van der Waals surface area contributed by atoms with Crippen molar-refractivity contribution < 1.29 is 19.1 Å². The highest BCUT2D eigenvalue weighted by atomic mass is 16.5. The Morgan fingerprint density at radius 2 is 1.57 bits per heavy atom. The lowest BCUT2D eigenvalue weighted by Crippen LogP contribution is -2.30. The summed E-state index contributed by atoms with van der Waals surface area (Å²) in [5.74, 6) is -0.237. The molecule has 5 nitrogen and oxygen atoms in total. The van der Waals surface area contributed by atoms with Crippen LogP contribution >= 0.6 is 0 Å². The maximum atomic E-state index is 12.7. The fraction of sp³-hybridized carbons (Fsp3) is 0.200. The molecule has 0 unspecified atom stereocenters. The summed E-state index contributed by atoms with van der Waals surface area (Å²) in [6, 6.07) is 24.0. The van der Waals surface area contributed by atoms with Gasteiger partial charge in [-0.25, -0.2) is 4.79 Å². The van der Waals surface area contributed by atoms with Gasteiger partial charge in [-0.05, 0) is 49.2 Å². The molecule has 0 aliphatic carbocycles. The molecule has 3 rings (SSSR count). The van der Waals surface area contributed by atoms with Crippen LogP contribution in [0.3, 0.4) is 0 Å². The van der Waals surface area contributed by atoms with Crippen LogP contribution in [0.25, 0.3) is 0 Å². The number of benzene rings is 3. The van der Waals surface area contributed by atoms with Crippen molar-refractivity contribution in [2.45, 2.75) is 33.0 Å². The standard InChI is InChI=1S/C25H25NO4/c1-3-19-13-15-21(16-14-19)26-24(27)18(2)30-25(28)23-12-8-7-9-20(23)17-29-22-10-5-4-6-11-22/h4-16,18H,3,17H2,1-2H3,(H,26,27)/t18-/m1/s1. The van der Waals surface area contributed by atoms with Gasteiger partial charge in [-0.3, -0.25) is 4.79 Å². The smallest absolute Gasteiger partial charge is 0.339 e. The Hall–Kier alpha value is -3.60. The van der Waals surface area contributed by atoms with Crippen LogP contribution in [0.2, 0.25) is 0 Å². The van der Waals surface area contributed by atoms with Crippen LogP contribution in [-0.2, 0) is 22.6 Å². The van der Waals surface area contributed by atoms with Crippen molar-refractivity contribution >= 4 is 17.6 Å². The lowest BCUT2D eigenvalue weighted by molar-refractivity contribution is -0.123. The molecule has 3 aromatic carbocycles. The predicted octanol–water partition coefficient (Wildman–Crippen LogP) is 5.01. The van der Waals surface area contributed by atoms with E-state index in [4.69, 9.17) is 9.47 Å². The van der Waals surface area contributed by atoms with Crippen LogP contribution in [0.1, 0.15) is 35.3 Å². The Bertz CT molecular complexity index is 984. The second-order valence-electron chi connectivity index (χ2n) is 6.85. The van der Waals surface area contributed by atoms with Crippen molar-refractivity contribution in [3.05, 3.63) is 95.6 Å². The summed E-state index contributed by atoms with van der Waals surface area (Å²) in [5.41, 5.74) is 2.91. The van der Waals surface area contributed by atoms with Gasteiger partial charge in [0.1, 0.15) is 12.4 Å². The van der Waals surface area contributed by atoms with Crippen molar-refractivity contribution in [3.8, 4) is 5.75 Å². The Morgan fingerprint density at radius 3 is 2.27 bits per heavy atom. The minimum Gasteiger partial charge on any atom is -0.489 e. The zero-order valence-corrected chi connectivity index (χ0v) is 17.1. The van der Waals surface area contributed by atoms with Crippen molar-refractivity contribution in [1.82, 2.24) is 0 Å². The molecule has 0 aliphatic rings. The number of esters is 1. The molecular formula is C25H25NO4. The lowest BCUT2D eigenvalue weighted by Gasteiger charge is -2.15. The quantitative estimate of drug-likeness (QED) is 0.537. The van der Waals surface area contributed by atoms with Crippen LogP contribution in [0.4, 0.5) is 5.69 Å². The van der Waals surface area contributed by atoms with E-state index in [1.165, 1.54) is 5.56 Å². The van der Waals surface area contributed by atoms with Gasteiger partial charge in [0, 0.05) is 11.3 Å². The van der Waals surface area contributed by atoms with Gasteiger partial charge in [0.25, 0.3) is 5.91 Å². The summed E-state index contributed by atoms with van der Waals surface area (Å²) in [4.78, 5) is 25.1. The largest absolute Gasteiger partial charge is 0.489 e. The Morgan fingerprint density at radius 1 is 0.900 bits per heavy atom. The number of hydrogen-bond donors (Lipinski definition) is 1. The Kier molecular flexibility index (Phi) is 7.22. The van der Waals surface area contributed by atoms with Gasteiger partial charge in [0.2, 0.25) is 0 Å². The third-order valence-electron chi connectivity index (χ3n) is 4.66. The summed E-state index contributed by atoms with van der Waals surface area (Å²) < 4.78 is 11.1. The van der Waals surface area contributed by atoms with E-state index >= 15 is 0 Å². The van der Waals surface area contributed by atoms with Gasteiger partial charge in [-0.1, -0.05) is 55.5 Å². The van der Waals surface area contributed by atoms with E-state index in [0.29, 0.717) is 22.6 Å². The third-order valence-corrected chi connectivity index (χ3v) is 4.66. The molecule has 0 aromatic heterocycles. The molecule has 0 fully saturated rings. The number of carbonyl (C=O) groups excluding carboxylic acids is 2. The van der Waals surface area contributed by atoms with Crippen molar-refractivity contribution in [2.24, 2.45) is 0 Å². The second kappa shape index (κ2) is 10.3. The topological polar surface area (TPSA) is 64.6 Å². The van der Waals surface area contributed by atoms with E-state index in [1.807, 2.05) is 60.7 Å². The molecule has 1 N–H and O–H groups in total. The maximum Gasteiger partial charge on any atom is 0.339 e. The number of ether oxygens (including phenoxy) is 2. The molecular weight excluding hydrogens is 378 g/mol. The number of anilines is 1. The Labute approximate surface area is 176 Å². The number of para-hydroxylation sites is 1. The van der Waals surface area contributed by atoms with Crippen molar-refractivity contribution in [2.75, 3.05) is 5.32 Å². The van der Waals surface area contributed by atoms with E-state index < -0.39 is 12.1 Å². The van der Waals surface area contributed by atoms with Gasteiger partial charge >= 0.3 is 5.97 Å². The Balaban J connectivity index is 1.61. The van der Waals surface area contributed by atoms with Gasteiger partial charge in [-0.2, -0.15) is 0 Å². The molecule has 30 heavy (non-hydrogen) atoms. The zero-order chi connectivity index (χ0) is 21.3. The minimum atomic E-state index is -0.938. The monoisotopic (exact) mass is 403 g/mol. The normalized spacial score (nSPS) is 11.4. The first kappa shape index (κ1) is 21.1. The number of nitrogens with one attached hydrogen (secondary N) is 1. The van der Waals surface area contributed by atoms with Gasteiger partial charge < -0.3 is 14.8 Å². The van der Waals surface area contributed by atoms with Gasteiger partial charge in [-0.15, -0.1) is 0 Å². The molecule has 0 heterocycles. The van der Waals surface area contributed by atoms with Crippen molar-refractivity contribution in [3.63, 3.8) is 0 Å². The number of amides is 1. The molecule has 0 saturated carbocycles. The van der Waals surface area contributed by atoms with E-state index in [2.05, 4.69) is 12.2 Å². The van der Waals surface area contributed by atoms with Crippen LogP contribution in [0.5, 0.6) is 5.75 Å². The van der Waals surface area contributed by atoms with E-state index in [1.54, 1.807) is 25.1 Å².